The summed E-state index contributed by atoms with van der Waals surface area (Å²) >= 11 is 0. The van der Waals surface area contributed by atoms with E-state index in [1.807, 2.05) is 11.0 Å². The lowest BCUT2D eigenvalue weighted by molar-refractivity contribution is -0.384. The third-order valence-electron chi connectivity index (χ3n) is 7.44. The number of ether oxygens (including phenoxy) is 2. The first kappa shape index (κ1) is 23.6. The van der Waals surface area contributed by atoms with E-state index in [1.165, 1.54) is 26.4 Å². The molecule has 188 valence electrons. The first-order chi connectivity index (χ1) is 17.3. The van der Waals surface area contributed by atoms with Crippen molar-refractivity contribution in [3.8, 4) is 11.5 Å². The Morgan fingerprint density at radius 3 is 2.61 bits per heavy atom. The molecule has 0 bridgehead atoms. The molecule has 2 aromatic rings. The number of nitro benzene ring substituents is 1. The molecule has 11 nitrogen and oxygen atoms in total. The molecule has 2 aromatic carbocycles. The second kappa shape index (κ2) is 8.81. The summed E-state index contributed by atoms with van der Waals surface area (Å²) in [6.07, 6.45) is 1.71. The molecule has 0 radical (unpaired) electrons. The van der Waals surface area contributed by atoms with Crippen LogP contribution in [0.4, 0.5) is 16.2 Å². The Morgan fingerprint density at radius 1 is 1.11 bits per heavy atom. The van der Waals surface area contributed by atoms with Crippen LogP contribution in [0.3, 0.4) is 0 Å². The van der Waals surface area contributed by atoms with Crippen LogP contribution in [-0.4, -0.2) is 61.0 Å². The van der Waals surface area contributed by atoms with Gasteiger partial charge < -0.3 is 14.4 Å². The van der Waals surface area contributed by atoms with E-state index in [0.717, 1.165) is 22.6 Å². The minimum Gasteiger partial charge on any atom is -0.493 e. The van der Waals surface area contributed by atoms with E-state index in [0.29, 0.717) is 36.4 Å². The summed E-state index contributed by atoms with van der Waals surface area (Å²) in [5.41, 5.74) is 0.533. The Bertz CT molecular complexity index is 1280. The van der Waals surface area contributed by atoms with Gasteiger partial charge in [-0.25, -0.2) is 4.79 Å². The van der Waals surface area contributed by atoms with E-state index in [2.05, 4.69) is 5.32 Å². The summed E-state index contributed by atoms with van der Waals surface area (Å²) < 4.78 is 10.6. The molecule has 2 fully saturated rings. The predicted octanol–water partition coefficient (Wildman–Crippen LogP) is 2.44. The maximum absolute atomic E-state index is 14.0. The number of fused-ring (bicyclic) bond motifs is 4. The summed E-state index contributed by atoms with van der Waals surface area (Å²) in [7, 11) is 3.06. The number of hydrogen-bond acceptors (Lipinski definition) is 8. The van der Waals surface area contributed by atoms with Crippen LogP contribution in [0.2, 0.25) is 0 Å². The zero-order chi connectivity index (χ0) is 25.6. The van der Waals surface area contributed by atoms with Gasteiger partial charge >= 0.3 is 6.03 Å². The van der Waals surface area contributed by atoms with Gasteiger partial charge in [0.15, 0.2) is 16.9 Å². The van der Waals surface area contributed by atoms with Crippen molar-refractivity contribution >= 4 is 29.2 Å². The van der Waals surface area contributed by atoms with Gasteiger partial charge in [-0.15, -0.1) is 0 Å². The van der Waals surface area contributed by atoms with Gasteiger partial charge in [0.2, 0.25) is 11.8 Å². The number of urea groups is 1. The third kappa shape index (κ3) is 3.53. The highest BCUT2D eigenvalue weighted by Crippen LogP contribution is 2.49. The Kier molecular flexibility index (Phi) is 5.77. The maximum atomic E-state index is 14.0. The highest BCUT2D eigenvalue weighted by atomic mass is 16.6. The van der Waals surface area contributed by atoms with Crippen molar-refractivity contribution in [3.63, 3.8) is 0 Å². The molecule has 0 aliphatic carbocycles. The second-order valence-electron chi connectivity index (χ2n) is 9.23. The number of carbonyl (C=O) groups is 3. The first-order valence-electron chi connectivity index (χ1n) is 11.7. The van der Waals surface area contributed by atoms with Crippen molar-refractivity contribution in [2.45, 2.75) is 31.7 Å². The molecule has 3 aliphatic heterocycles. The van der Waals surface area contributed by atoms with E-state index in [9.17, 15) is 24.5 Å². The minimum absolute atomic E-state index is 0.00398. The normalized spacial score (nSPS) is 22.8. The number of rotatable bonds is 6. The molecule has 1 N–H and O–H groups in total. The average Bonchev–Trinajstić information content (AvgIpc) is 3.37. The standard InChI is InChI=1S/C25H26N4O7/c1-35-19-8-5-15(12-20(19)36-2)9-11-28-23(31)25(22(30)26-24(28)32)14-16-13-17(29(33)34)6-7-18(16)27-10-3-4-21(25)27/h5-8,12-13,21H,3-4,9-11,14H2,1-2H3,(H,26,30,32)/t21-,25-/m0/s1. The maximum Gasteiger partial charge on any atom is 0.330 e. The highest BCUT2D eigenvalue weighted by Gasteiger charge is 2.62. The monoisotopic (exact) mass is 494 g/mol. The molecule has 3 heterocycles. The van der Waals surface area contributed by atoms with E-state index >= 15 is 0 Å². The molecule has 0 aromatic heterocycles. The number of amides is 4. The van der Waals surface area contributed by atoms with Gasteiger partial charge in [-0.3, -0.25) is 29.9 Å². The number of imide groups is 2. The minimum atomic E-state index is -1.54. The fraction of sp³-hybridized carbons (Fsp3) is 0.400. The van der Waals surface area contributed by atoms with Crippen molar-refractivity contribution in [1.82, 2.24) is 10.2 Å². The zero-order valence-corrected chi connectivity index (χ0v) is 20.0. The summed E-state index contributed by atoms with van der Waals surface area (Å²) in [5, 5.41) is 13.8. The van der Waals surface area contributed by atoms with Gasteiger partial charge in [0, 0.05) is 37.3 Å². The Labute approximate surface area is 207 Å². The number of methoxy groups -OCH3 is 2. The summed E-state index contributed by atoms with van der Waals surface area (Å²) in [5.74, 6) is -0.114. The number of nitrogens with one attached hydrogen (secondary N) is 1. The lowest BCUT2D eigenvalue weighted by atomic mass is 9.68. The SMILES string of the molecule is COc1ccc(CCN2C(=O)NC(=O)[C@@]3(Cc4cc([N+](=O)[O-])ccc4N4CCC[C@H]43)C2=O)cc1OC. The van der Waals surface area contributed by atoms with Gasteiger partial charge in [-0.05, 0) is 48.6 Å². The number of barbiturate groups is 1. The lowest BCUT2D eigenvalue weighted by Gasteiger charge is -2.49. The summed E-state index contributed by atoms with van der Waals surface area (Å²) in [6, 6.07) is 8.71. The Hall–Kier alpha value is -4.15. The van der Waals surface area contributed by atoms with Crippen molar-refractivity contribution in [3.05, 3.63) is 57.6 Å². The van der Waals surface area contributed by atoms with Gasteiger partial charge in [-0.1, -0.05) is 6.07 Å². The van der Waals surface area contributed by atoms with Crippen LogP contribution in [0.15, 0.2) is 36.4 Å². The average molecular weight is 495 g/mol. The van der Waals surface area contributed by atoms with E-state index in [1.54, 1.807) is 18.2 Å². The molecule has 4 amide bonds. The van der Waals surface area contributed by atoms with E-state index in [-0.39, 0.29) is 18.7 Å². The molecule has 36 heavy (non-hydrogen) atoms. The number of benzene rings is 2. The first-order valence-corrected chi connectivity index (χ1v) is 11.7. The topological polar surface area (TPSA) is 131 Å². The third-order valence-corrected chi connectivity index (χ3v) is 7.44. The zero-order valence-electron chi connectivity index (χ0n) is 20.0. The summed E-state index contributed by atoms with van der Waals surface area (Å²) in [6.45, 7) is 0.682. The van der Waals surface area contributed by atoms with E-state index in [4.69, 9.17) is 9.47 Å². The van der Waals surface area contributed by atoms with Gasteiger partial charge in [0.25, 0.3) is 5.69 Å². The number of anilines is 1. The van der Waals surface area contributed by atoms with Crippen molar-refractivity contribution in [2.75, 3.05) is 32.2 Å². The Balaban J connectivity index is 1.48. The van der Waals surface area contributed by atoms with Crippen molar-refractivity contribution in [1.29, 1.82) is 0 Å². The lowest BCUT2D eigenvalue weighted by Crippen LogP contribution is -2.71. The van der Waals surface area contributed by atoms with Crippen LogP contribution in [0.5, 0.6) is 11.5 Å². The van der Waals surface area contributed by atoms with Crippen LogP contribution in [0, 0.1) is 15.5 Å². The molecular formula is C25H26N4O7. The fourth-order valence-corrected chi connectivity index (χ4v) is 5.73. The number of nitrogens with zero attached hydrogens (tertiary/aromatic N) is 3. The molecule has 0 saturated carbocycles. The highest BCUT2D eigenvalue weighted by molar-refractivity contribution is 6.20. The molecule has 11 heteroatoms. The van der Waals surface area contributed by atoms with Crippen molar-refractivity contribution < 1.29 is 28.8 Å². The molecular weight excluding hydrogens is 468 g/mol. The number of hydrogen-bond donors (Lipinski definition) is 1. The quantitative estimate of drug-likeness (QED) is 0.368. The second-order valence-corrected chi connectivity index (χ2v) is 9.23. The van der Waals surface area contributed by atoms with Crippen LogP contribution in [0.1, 0.15) is 24.0 Å². The number of nitro groups is 1. The number of non-ortho nitro benzene ring substituents is 1. The van der Waals surface area contributed by atoms with Crippen LogP contribution in [-0.2, 0) is 22.4 Å². The molecule has 3 aliphatic rings. The molecule has 0 unspecified atom stereocenters. The van der Waals surface area contributed by atoms with Gasteiger partial charge in [0.1, 0.15) is 0 Å². The predicted molar refractivity (Wildman–Crippen MR) is 128 cm³/mol. The van der Waals surface area contributed by atoms with Gasteiger partial charge in [-0.2, -0.15) is 0 Å². The molecule has 1 spiro atoms. The smallest absolute Gasteiger partial charge is 0.330 e. The summed E-state index contributed by atoms with van der Waals surface area (Å²) in [4.78, 5) is 54.1. The van der Waals surface area contributed by atoms with Crippen LogP contribution >= 0.6 is 0 Å². The van der Waals surface area contributed by atoms with Crippen LogP contribution < -0.4 is 19.7 Å². The molecule has 2 saturated heterocycles. The van der Waals surface area contributed by atoms with Crippen LogP contribution in [0.25, 0.3) is 0 Å². The molecule has 5 rings (SSSR count). The van der Waals surface area contributed by atoms with Crippen molar-refractivity contribution in [2.24, 2.45) is 5.41 Å². The van der Waals surface area contributed by atoms with E-state index < -0.39 is 34.2 Å². The largest absolute Gasteiger partial charge is 0.493 e. The van der Waals surface area contributed by atoms with Gasteiger partial charge in [0.05, 0.1) is 25.2 Å². The fourth-order valence-electron chi connectivity index (χ4n) is 5.73. The molecule has 2 atom stereocenters. The Morgan fingerprint density at radius 2 is 1.89 bits per heavy atom. The number of carbonyl (C=O) groups excluding carboxylic acids is 3.